The summed E-state index contributed by atoms with van der Waals surface area (Å²) in [5.41, 5.74) is 4.68. The van der Waals surface area contributed by atoms with Crippen LogP contribution in [0, 0.1) is 13.8 Å². The molecule has 0 aliphatic rings. The van der Waals surface area contributed by atoms with Gasteiger partial charge in [0.05, 0.1) is 12.2 Å². The molecule has 0 saturated heterocycles. The number of hydrogen-bond donors (Lipinski definition) is 2. The summed E-state index contributed by atoms with van der Waals surface area (Å²) in [6, 6.07) is 15.0. The Balaban J connectivity index is 1.73. The van der Waals surface area contributed by atoms with Gasteiger partial charge in [-0.3, -0.25) is 0 Å². The predicted molar refractivity (Wildman–Crippen MR) is 107 cm³/mol. The van der Waals surface area contributed by atoms with Crippen LogP contribution in [-0.4, -0.2) is 22.5 Å². The lowest BCUT2D eigenvalue weighted by molar-refractivity contribution is 0.0526. The fraction of sp³-hybridized carbons (Fsp3) is 0.190. The summed E-state index contributed by atoms with van der Waals surface area (Å²) >= 11 is 0. The lowest BCUT2D eigenvalue weighted by atomic mass is 10.1. The van der Waals surface area contributed by atoms with E-state index in [-0.39, 0.29) is 5.97 Å². The number of carbonyl (C=O) groups is 1. The lowest BCUT2D eigenvalue weighted by Crippen LogP contribution is -2.04. The SMILES string of the molecule is CCOC(=O)c1ccc(Nc2cc(Nc3c(C)cccc3C)ncn2)cc1. The molecule has 6 heteroatoms. The Morgan fingerprint density at radius 3 is 2.22 bits per heavy atom. The summed E-state index contributed by atoms with van der Waals surface area (Å²) in [6.07, 6.45) is 1.51. The van der Waals surface area contributed by atoms with Crippen LogP contribution in [0.3, 0.4) is 0 Å². The topological polar surface area (TPSA) is 76.1 Å². The largest absolute Gasteiger partial charge is 0.462 e. The molecule has 0 amide bonds. The second-order valence-corrected chi connectivity index (χ2v) is 6.10. The molecular weight excluding hydrogens is 340 g/mol. The zero-order chi connectivity index (χ0) is 19.2. The molecule has 2 N–H and O–H groups in total. The highest BCUT2D eigenvalue weighted by molar-refractivity contribution is 5.89. The minimum Gasteiger partial charge on any atom is -0.462 e. The molecule has 2 aromatic carbocycles. The number of rotatable bonds is 6. The van der Waals surface area contributed by atoms with Gasteiger partial charge in [-0.05, 0) is 56.2 Å². The van der Waals surface area contributed by atoms with Crippen molar-refractivity contribution in [3.05, 3.63) is 71.5 Å². The lowest BCUT2D eigenvalue weighted by Gasteiger charge is -2.13. The van der Waals surface area contributed by atoms with Crippen LogP contribution >= 0.6 is 0 Å². The smallest absolute Gasteiger partial charge is 0.338 e. The van der Waals surface area contributed by atoms with Crippen molar-refractivity contribution in [2.24, 2.45) is 0 Å². The molecule has 1 heterocycles. The number of benzene rings is 2. The van der Waals surface area contributed by atoms with Crippen LogP contribution in [0.15, 0.2) is 54.9 Å². The highest BCUT2D eigenvalue weighted by atomic mass is 16.5. The van der Waals surface area contributed by atoms with E-state index < -0.39 is 0 Å². The van der Waals surface area contributed by atoms with Crippen molar-refractivity contribution in [2.45, 2.75) is 20.8 Å². The molecule has 0 radical (unpaired) electrons. The van der Waals surface area contributed by atoms with Crippen LogP contribution in [0.25, 0.3) is 0 Å². The average Bonchev–Trinajstić information content (AvgIpc) is 2.66. The average molecular weight is 362 g/mol. The number of para-hydroxylation sites is 1. The van der Waals surface area contributed by atoms with Crippen LogP contribution in [-0.2, 0) is 4.74 Å². The second-order valence-electron chi connectivity index (χ2n) is 6.10. The number of aryl methyl sites for hydroxylation is 2. The van der Waals surface area contributed by atoms with Gasteiger partial charge in [-0.25, -0.2) is 14.8 Å². The number of nitrogens with one attached hydrogen (secondary N) is 2. The molecule has 0 fully saturated rings. The fourth-order valence-corrected chi connectivity index (χ4v) is 2.69. The van der Waals surface area contributed by atoms with Crippen molar-refractivity contribution >= 4 is 29.0 Å². The van der Waals surface area contributed by atoms with Gasteiger partial charge in [-0.1, -0.05) is 18.2 Å². The highest BCUT2D eigenvalue weighted by Gasteiger charge is 2.07. The zero-order valence-electron chi connectivity index (χ0n) is 15.6. The van der Waals surface area contributed by atoms with Gasteiger partial charge in [0.15, 0.2) is 0 Å². The first kappa shape index (κ1) is 18.4. The minimum atomic E-state index is -0.328. The maximum Gasteiger partial charge on any atom is 0.338 e. The summed E-state index contributed by atoms with van der Waals surface area (Å²) in [5.74, 6) is 1.03. The van der Waals surface area contributed by atoms with Crippen molar-refractivity contribution in [3.8, 4) is 0 Å². The Bertz CT molecular complexity index is 919. The Labute approximate surface area is 158 Å². The molecule has 6 nitrogen and oxygen atoms in total. The molecule has 0 saturated carbocycles. The molecule has 3 rings (SSSR count). The standard InChI is InChI=1S/C21H22N4O2/c1-4-27-21(26)16-8-10-17(11-9-16)24-18-12-19(23-13-22-18)25-20-14(2)6-5-7-15(20)3/h5-13H,4H2,1-3H3,(H2,22,23,24,25). The summed E-state index contributed by atoms with van der Waals surface area (Å²) in [6.45, 7) is 6.25. The van der Waals surface area contributed by atoms with Gasteiger partial charge in [-0.15, -0.1) is 0 Å². The molecule has 0 unspecified atom stereocenters. The molecule has 27 heavy (non-hydrogen) atoms. The Morgan fingerprint density at radius 2 is 1.59 bits per heavy atom. The quantitative estimate of drug-likeness (QED) is 0.616. The third-order valence-electron chi connectivity index (χ3n) is 4.07. The van der Waals surface area contributed by atoms with Crippen molar-refractivity contribution < 1.29 is 9.53 Å². The van der Waals surface area contributed by atoms with Crippen LogP contribution in [0.5, 0.6) is 0 Å². The van der Waals surface area contributed by atoms with Crippen molar-refractivity contribution in [1.82, 2.24) is 9.97 Å². The predicted octanol–water partition coefficient (Wildman–Crippen LogP) is 4.76. The maximum atomic E-state index is 11.7. The Morgan fingerprint density at radius 1 is 0.963 bits per heavy atom. The van der Waals surface area contributed by atoms with Crippen LogP contribution in [0.4, 0.5) is 23.0 Å². The molecule has 0 atom stereocenters. The Hall–Kier alpha value is -3.41. The summed E-state index contributed by atoms with van der Waals surface area (Å²) < 4.78 is 4.99. The molecule has 0 bridgehead atoms. The zero-order valence-corrected chi connectivity index (χ0v) is 15.6. The minimum absolute atomic E-state index is 0.328. The molecular formula is C21H22N4O2. The van der Waals surface area contributed by atoms with Gasteiger partial charge in [0, 0.05) is 17.4 Å². The van der Waals surface area contributed by atoms with E-state index in [9.17, 15) is 4.79 Å². The highest BCUT2D eigenvalue weighted by Crippen LogP contribution is 2.24. The van der Waals surface area contributed by atoms with Gasteiger partial charge < -0.3 is 15.4 Å². The molecule has 0 aliphatic carbocycles. The van der Waals surface area contributed by atoms with Crippen LogP contribution in [0.1, 0.15) is 28.4 Å². The molecule has 0 spiro atoms. The summed E-state index contributed by atoms with van der Waals surface area (Å²) in [7, 11) is 0. The monoisotopic (exact) mass is 362 g/mol. The number of ether oxygens (including phenoxy) is 1. The van der Waals surface area contributed by atoms with Gasteiger partial charge in [0.1, 0.15) is 18.0 Å². The number of esters is 1. The van der Waals surface area contributed by atoms with Crippen LogP contribution in [0.2, 0.25) is 0 Å². The third kappa shape index (κ3) is 4.61. The van der Waals surface area contributed by atoms with E-state index in [1.807, 2.05) is 24.3 Å². The molecule has 3 aromatic rings. The van der Waals surface area contributed by atoms with E-state index in [1.165, 1.54) is 6.33 Å². The van der Waals surface area contributed by atoms with Crippen molar-refractivity contribution in [2.75, 3.05) is 17.2 Å². The number of nitrogens with zero attached hydrogens (tertiary/aromatic N) is 2. The van der Waals surface area contributed by atoms with Crippen molar-refractivity contribution in [1.29, 1.82) is 0 Å². The second kappa shape index (κ2) is 8.31. The maximum absolute atomic E-state index is 11.7. The number of carbonyl (C=O) groups excluding carboxylic acids is 1. The number of anilines is 4. The van der Waals surface area contributed by atoms with Crippen LogP contribution < -0.4 is 10.6 Å². The van der Waals surface area contributed by atoms with Gasteiger partial charge in [0.25, 0.3) is 0 Å². The van der Waals surface area contributed by atoms with Gasteiger partial charge >= 0.3 is 5.97 Å². The molecule has 0 aliphatic heterocycles. The van der Waals surface area contributed by atoms with Crippen molar-refractivity contribution in [3.63, 3.8) is 0 Å². The van der Waals surface area contributed by atoms with E-state index in [0.29, 0.717) is 23.8 Å². The number of aromatic nitrogens is 2. The van der Waals surface area contributed by atoms with Gasteiger partial charge in [-0.2, -0.15) is 0 Å². The Kier molecular flexibility index (Phi) is 5.66. The first-order valence-corrected chi connectivity index (χ1v) is 8.76. The number of hydrogen-bond acceptors (Lipinski definition) is 6. The molecule has 138 valence electrons. The summed E-state index contributed by atoms with van der Waals surface area (Å²) in [4.78, 5) is 20.3. The van der Waals surface area contributed by atoms with Gasteiger partial charge in [0.2, 0.25) is 0 Å². The van der Waals surface area contributed by atoms with E-state index in [1.54, 1.807) is 19.1 Å². The van der Waals surface area contributed by atoms with E-state index in [0.717, 1.165) is 22.5 Å². The summed E-state index contributed by atoms with van der Waals surface area (Å²) in [5, 5.41) is 6.57. The van der Waals surface area contributed by atoms with E-state index >= 15 is 0 Å². The van der Waals surface area contributed by atoms with E-state index in [2.05, 4.69) is 46.6 Å². The molecule has 1 aromatic heterocycles. The van der Waals surface area contributed by atoms with E-state index in [4.69, 9.17) is 4.74 Å². The first-order chi connectivity index (χ1) is 13.1. The normalized spacial score (nSPS) is 10.3. The fourth-order valence-electron chi connectivity index (χ4n) is 2.69. The first-order valence-electron chi connectivity index (χ1n) is 8.76. The third-order valence-corrected chi connectivity index (χ3v) is 4.07.